The van der Waals surface area contributed by atoms with Crippen LogP contribution in [0, 0.1) is 0 Å². The van der Waals surface area contributed by atoms with E-state index in [0.717, 1.165) is 41.1 Å². The van der Waals surface area contributed by atoms with Crippen molar-refractivity contribution >= 4 is 17.2 Å². The molecule has 6 nitrogen and oxygen atoms in total. The lowest BCUT2D eigenvalue weighted by atomic mass is 9.93. The molecule has 2 aromatic rings. The first-order valence-corrected chi connectivity index (χ1v) is 8.52. The largest absolute Gasteiger partial charge is 0.391 e. The molecule has 2 atom stereocenters. The summed E-state index contributed by atoms with van der Waals surface area (Å²) in [6.45, 7) is 0. The Morgan fingerprint density at radius 3 is 2.70 bits per heavy atom. The fourth-order valence-corrected chi connectivity index (χ4v) is 3.69. The van der Waals surface area contributed by atoms with Gasteiger partial charge in [0, 0.05) is 18.2 Å². The SMILES string of the molecule is Cn1nc(-c2ccc(C(N)=O)cc2)sc1=N[C@@H]1CCCC[C@H]1O. The number of hydrogen-bond donors (Lipinski definition) is 2. The molecule has 122 valence electrons. The number of aryl methyl sites for hydroxylation is 1. The predicted octanol–water partition coefficient (Wildman–Crippen LogP) is 1.45. The van der Waals surface area contributed by atoms with Gasteiger partial charge in [0.05, 0.1) is 12.1 Å². The van der Waals surface area contributed by atoms with Crippen LogP contribution in [0.2, 0.25) is 0 Å². The number of hydrogen-bond acceptors (Lipinski definition) is 5. The van der Waals surface area contributed by atoms with Gasteiger partial charge in [-0.3, -0.25) is 9.79 Å². The van der Waals surface area contributed by atoms with Gasteiger partial charge < -0.3 is 10.8 Å². The lowest BCUT2D eigenvalue weighted by Gasteiger charge is -2.23. The summed E-state index contributed by atoms with van der Waals surface area (Å²) in [5, 5.41) is 15.4. The van der Waals surface area contributed by atoms with Gasteiger partial charge in [0.1, 0.15) is 5.01 Å². The van der Waals surface area contributed by atoms with E-state index in [1.807, 2.05) is 19.2 Å². The van der Waals surface area contributed by atoms with E-state index >= 15 is 0 Å². The second-order valence-corrected chi connectivity index (χ2v) is 6.76. The Kier molecular flexibility index (Phi) is 4.58. The number of primary amides is 1. The normalized spacial score (nSPS) is 22.3. The van der Waals surface area contributed by atoms with Crippen molar-refractivity contribution in [3.05, 3.63) is 34.6 Å². The minimum Gasteiger partial charge on any atom is -0.391 e. The third-order valence-electron chi connectivity index (χ3n) is 4.09. The maximum absolute atomic E-state index is 11.1. The summed E-state index contributed by atoms with van der Waals surface area (Å²) in [6, 6.07) is 7.01. The van der Waals surface area contributed by atoms with Crippen molar-refractivity contribution in [3.8, 4) is 10.6 Å². The number of nitrogens with two attached hydrogens (primary N) is 1. The van der Waals surface area contributed by atoms with E-state index in [4.69, 9.17) is 5.73 Å². The zero-order valence-corrected chi connectivity index (χ0v) is 13.8. The van der Waals surface area contributed by atoms with Crippen LogP contribution in [0.15, 0.2) is 29.3 Å². The smallest absolute Gasteiger partial charge is 0.248 e. The molecule has 1 aliphatic carbocycles. The number of carbonyl (C=O) groups is 1. The molecule has 1 amide bonds. The Morgan fingerprint density at radius 1 is 1.35 bits per heavy atom. The van der Waals surface area contributed by atoms with Crippen molar-refractivity contribution in [2.24, 2.45) is 17.8 Å². The summed E-state index contributed by atoms with van der Waals surface area (Å²) in [5.74, 6) is -0.441. The first-order valence-electron chi connectivity index (χ1n) is 7.71. The maximum Gasteiger partial charge on any atom is 0.248 e. The summed E-state index contributed by atoms with van der Waals surface area (Å²) >= 11 is 1.48. The van der Waals surface area contributed by atoms with Crippen molar-refractivity contribution in [1.29, 1.82) is 0 Å². The van der Waals surface area contributed by atoms with Crippen molar-refractivity contribution in [3.63, 3.8) is 0 Å². The van der Waals surface area contributed by atoms with Gasteiger partial charge in [-0.2, -0.15) is 5.10 Å². The summed E-state index contributed by atoms with van der Waals surface area (Å²) in [5.41, 5.74) is 6.65. The Morgan fingerprint density at radius 2 is 2.04 bits per heavy atom. The molecule has 1 saturated carbocycles. The first kappa shape index (κ1) is 15.9. The van der Waals surface area contributed by atoms with Crippen molar-refractivity contribution < 1.29 is 9.90 Å². The molecule has 0 spiro atoms. The molecule has 0 aliphatic heterocycles. The molecule has 1 fully saturated rings. The molecule has 1 aromatic carbocycles. The minimum atomic E-state index is -0.441. The maximum atomic E-state index is 11.1. The fraction of sp³-hybridized carbons (Fsp3) is 0.438. The van der Waals surface area contributed by atoms with E-state index < -0.39 is 5.91 Å². The molecular formula is C16H20N4O2S. The molecule has 3 N–H and O–H groups in total. The Balaban J connectivity index is 1.89. The summed E-state index contributed by atoms with van der Waals surface area (Å²) in [6.07, 6.45) is 3.55. The van der Waals surface area contributed by atoms with Crippen LogP contribution in [0.5, 0.6) is 0 Å². The highest BCUT2D eigenvalue weighted by atomic mass is 32.1. The van der Waals surface area contributed by atoms with Crippen LogP contribution in [0.4, 0.5) is 0 Å². The van der Waals surface area contributed by atoms with Crippen LogP contribution in [0.3, 0.4) is 0 Å². The molecule has 1 aliphatic rings. The van der Waals surface area contributed by atoms with E-state index in [-0.39, 0.29) is 12.1 Å². The molecule has 1 heterocycles. The number of aromatic nitrogens is 2. The van der Waals surface area contributed by atoms with Gasteiger partial charge in [0.2, 0.25) is 10.7 Å². The lowest BCUT2D eigenvalue weighted by molar-refractivity contribution is 0.1000. The highest BCUT2D eigenvalue weighted by Crippen LogP contribution is 2.22. The average Bonchev–Trinajstić information content (AvgIpc) is 2.91. The molecule has 23 heavy (non-hydrogen) atoms. The number of benzene rings is 1. The zero-order valence-electron chi connectivity index (χ0n) is 13.0. The van der Waals surface area contributed by atoms with Gasteiger partial charge in [0.15, 0.2) is 0 Å². The highest BCUT2D eigenvalue weighted by Gasteiger charge is 2.22. The second-order valence-electron chi connectivity index (χ2n) is 5.80. The zero-order chi connectivity index (χ0) is 16.4. The van der Waals surface area contributed by atoms with E-state index in [9.17, 15) is 9.90 Å². The molecule has 0 saturated heterocycles. The molecular weight excluding hydrogens is 312 g/mol. The van der Waals surface area contributed by atoms with E-state index in [1.54, 1.807) is 16.8 Å². The number of rotatable bonds is 3. The van der Waals surface area contributed by atoms with Crippen molar-refractivity contribution in [2.45, 2.75) is 37.8 Å². The van der Waals surface area contributed by atoms with Gasteiger partial charge in [-0.15, -0.1) is 0 Å². The summed E-state index contributed by atoms with van der Waals surface area (Å²) in [7, 11) is 1.85. The molecule has 3 rings (SSSR count). The van der Waals surface area contributed by atoms with Gasteiger partial charge in [0.25, 0.3) is 0 Å². The number of amides is 1. The Bertz CT molecular complexity index is 763. The molecule has 0 radical (unpaired) electrons. The number of aliphatic hydroxyl groups excluding tert-OH is 1. The Labute approximate surface area is 138 Å². The molecule has 1 aromatic heterocycles. The molecule has 0 unspecified atom stereocenters. The van der Waals surface area contributed by atoms with Gasteiger partial charge in [-0.05, 0) is 25.0 Å². The van der Waals surface area contributed by atoms with Gasteiger partial charge >= 0.3 is 0 Å². The molecule has 7 heteroatoms. The second kappa shape index (κ2) is 6.64. The van der Waals surface area contributed by atoms with Crippen LogP contribution in [0.25, 0.3) is 10.6 Å². The Hall–Kier alpha value is -1.99. The lowest BCUT2D eigenvalue weighted by Crippen LogP contribution is -2.30. The number of nitrogens with zero attached hydrogens (tertiary/aromatic N) is 3. The van der Waals surface area contributed by atoms with Crippen LogP contribution in [0.1, 0.15) is 36.0 Å². The van der Waals surface area contributed by atoms with E-state index in [0.29, 0.717) is 5.56 Å². The highest BCUT2D eigenvalue weighted by molar-refractivity contribution is 7.12. The topological polar surface area (TPSA) is 93.5 Å². The van der Waals surface area contributed by atoms with Crippen LogP contribution in [-0.4, -0.2) is 32.9 Å². The molecule has 0 bridgehead atoms. The first-order chi connectivity index (χ1) is 11.0. The van der Waals surface area contributed by atoms with Crippen LogP contribution in [-0.2, 0) is 7.05 Å². The van der Waals surface area contributed by atoms with Crippen LogP contribution < -0.4 is 10.5 Å². The van der Waals surface area contributed by atoms with E-state index in [2.05, 4.69) is 10.1 Å². The standard InChI is InChI=1S/C16H20N4O2S/c1-20-16(18-12-4-2-3-5-13(12)21)23-15(19-20)11-8-6-10(7-9-11)14(17)22/h6-9,12-13,21H,2-5H2,1H3,(H2,17,22)/t12-,13-/m1/s1. The number of aliphatic hydroxyl groups is 1. The van der Waals surface area contributed by atoms with Crippen LogP contribution >= 0.6 is 11.3 Å². The van der Waals surface area contributed by atoms with Gasteiger partial charge in [-0.25, -0.2) is 4.68 Å². The summed E-state index contributed by atoms with van der Waals surface area (Å²) in [4.78, 5) is 16.6. The third-order valence-corrected chi connectivity index (χ3v) is 5.16. The van der Waals surface area contributed by atoms with Gasteiger partial charge in [-0.1, -0.05) is 36.3 Å². The summed E-state index contributed by atoms with van der Waals surface area (Å²) < 4.78 is 1.74. The fourth-order valence-electron chi connectivity index (χ4n) is 2.74. The monoisotopic (exact) mass is 332 g/mol. The van der Waals surface area contributed by atoms with Crippen molar-refractivity contribution in [1.82, 2.24) is 9.78 Å². The minimum absolute atomic E-state index is 0.0412. The third kappa shape index (κ3) is 3.51. The van der Waals surface area contributed by atoms with Crippen molar-refractivity contribution in [2.75, 3.05) is 0 Å². The predicted molar refractivity (Wildman–Crippen MR) is 88.9 cm³/mol. The number of carbonyl (C=O) groups excluding carboxylic acids is 1. The quantitative estimate of drug-likeness (QED) is 0.891. The van der Waals surface area contributed by atoms with E-state index in [1.165, 1.54) is 11.3 Å². The average molecular weight is 332 g/mol.